The maximum Gasteiger partial charge on any atom is 0.197 e. The van der Waals surface area contributed by atoms with E-state index in [0.717, 1.165) is 32.8 Å². The molecule has 0 atom stereocenters. The smallest absolute Gasteiger partial charge is 0.197 e. The molecule has 0 saturated carbocycles. The zero-order valence-electron chi connectivity index (χ0n) is 14.3. The average molecular weight is 353 g/mol. The number of furan rings is 1. The highest BCUT2D eigenvalue weighted by Crippen LogP contribution is 2.35. The molecule has 0 bridgehead atoms. The first-order chi connectivity index (χ1) is 13.3. The van der Waals surface area contributed by atoms with Gasteiger partial charge in [-0.2, -0.15) is 5.10 Å². The molecule has 0 fully saturated rings. The van der Waals surface area contributed by atoms with Crippen molar-refractivity contribution in [3.8, 4) is 0 Å². The number of nitrogens with two attached hydrogens (primary N) is 1. The summed E-state index contributed by atoms with van der Waals surface area (Å²) in [4.78, 5) is 8.72. The summed E-state index contributed by atoms with van der Waals surface area (Å²) in [6.07, 6.45) is 3.21. The van der Waals surface area contributed by atoms with Crippen LogP contribution in [-0.4, -0.2) is 16.2 Å². The first-order valence-corrected chi connectivity index (χ1v) is 8.49. The van der Waals surface area contributed by atoms with Crippen LogP contribution in [0.1, 0.15) is 5.56 Å². The monoisotopic (exact) mass is 353 g/mol. The molecule has 27 heavy (non-hydrogen) atoms. The highest BCUT2D eigenvalue weighted by Gasteiger charge is 2.15. The lowest BCUT2D eigenvalue weighted by Gasteiger charge is -2.00. The van der Waals surface area contributed by atoms with E-state index >= 15 is 0 Å². The van der Waals surface area contributed by atoms with Gasteiger partial charge >= 0.3 is 0 Å². The normalized spacial score (nSPS) is 11.7. The lowest BCUT2D eigenvalue weighted by Crippen LogP contribution is -1.95. The van der Waals surface area contributed by atoms with E-state index in [1.807, 2.05) is 48.5 Å². The van der Waals surface area contributed by atoms with E-state index in [1.54, 1.807) is 6.21 Å². The summed E-state index contributed by atoms with van der Waals surface area (Å²) in [6, 6.07) is 19.6. The predicted molar refractivity (Wildman–Crippen MR) is 109 cm³/mol. The molecule has 3 aromatic carbocycles. The Kier molecular flexibility index (Phi) is 3.47. The number of anilines is 2. The van der Waals surface area contributed by atoms with Crippen molar-refractivity contribution in [2.75, 3.05) is 11.2 Å². The number of nitrogen functional groups attached to an aromatic ring is 1. The van der Waals surface area contributed by atoms with Crippen molar-refractivity contribution < 1.29 is 4.42 Å². The number of hydrogen-bond donors (Lipinski definition) is 2. The number of rotatable bonds is 3. The molecule has 0 saturated heterocycles. The number of hydrazone groups is 1. The number of aromatic nitrogens is 2. The number of hydrogen-bond acceptors (Lipinski definition) is 6. The van der Waals surface area contributed by atoms with E-state index in [2.05, 4.69) is 32.6 Å². The van der Waals surface area contributed by atoms with Crippen molar-refractivity contribution in [1.29, 1.82) is 0 Å². The first-order valence-electron chi connectivity index (χ1n) is 8.49. The minimum absolute atomic E-state index is 0.520. The Labute approximate surface area is 154 Å². The minimum atomic E-state index is 0.520. The minimum Gasteiger partial charge on any atom is -0.450 e. The van der Waals surface area contributed by atoms with Crippen LogP contribution in [0.5, 0.6) is 0 Å². The number of fused-ring (bicyclic) bond motifs is 5. The Balaban J connectivity index is 1.59. The van der Waals surface area contributed by atoms with Crippen molar-refractivity contribution in [1.82, 2.24) is 9.97 Å². The Morgan fingerprint density at radius 1 is 0.963 bits per heavy atom. The molecule has 130 valence electrons. The van der Waals surface area contributed by atoms with Gasteiger partial charge in [0.1, 0.15) is 17.4 Å². The standard InChI is InChI=1S/C21H15N5O/c22-15-8-5-13(6-9-15)11-25-26-21-20-19(23-12-24-21)18-16-4-2-1-3-14(16)7-10-17(18)27-20/h1-12H,22H2,(H,23,24,26)/b25-11+. The number of benzene rings is 3. The summed E-state index contributed by atoms with van der Waals surface area (Å²) in [5.74, 6) is 0.520. The summed E-state index contributed by atoms with van der Waals surface area (Å²) >= 11 is 0. The maximum absolute atomic E-state index is 6.03. The molecule has 0 aliphatic rings. The molecular weight excluding hydrogens is 338 g/mol. The molecule has 0 spiro atoms. The zero-order chi connectivity index (χ0) is 18.2. The fourth-order valence-corrected chi connectivity index (χ4v) is 3.17. The highest BCUT2D eigenvalue weighted by atomic mass is 16.3. The quantitative estimate of drug-likeness (QED) is 0.282. The predicted octanol–water partition coefficient (Wildman–Crippen LogP) is 4.56. The Hall–Kier alpha value is -3.93. The topological polar surface area (TPSA) is 89.3 Å². The molecule has 0 radical (unpaired) electrons. The van der Waals surface area contributed by atoms with E-state index in [4.69, 9.17) is 10.2 Å². The summed E-state index contributed by atoms with van der Waals surface area (Å²) in [6.45, 7) is 0. The van der Waals surface area contributed by atoms with Crippen LogP contribution < -0.4 is 11.2 Å². The summed E-state index contributed by atoms with van der Waals surface area (Å²) in [5.41, 5.74) is 12.4. The van der Waals surface area contributed by atoms with Gasteiger partial charge < -0.3 is 10.2 Å². The fourth-order valence-electron chi connectivity index (χ4n) is 3.17. The molecule has 2 aromatic heterocycles. The van der Waals surface area contributed by atoms with Crippen LogP contribution in [0.2, 0.25) is 0 Å². The van der Waals surface area contributed by atoms with E-state index < -0.39 is 0 Å². The van der Waals surface area contributed by atoms with E-state index in [-0.39, 0.29) is 0 Å². The second-order valence-electron chi connectivity index (χ2n) is 6.20. The van der Waals surface area contributed by atoms with Crippen LogP contribution >= 0.6 is 0 Å². The third-order valence-electron chi connectivity index (χ3n) is 4.46. The molecule has 2 heterocycles. The maximum atomic E-state index is 6.03. The largest absolute Gasteiger partial charge is 0.450 e. The molecule has 0 aliphatic heterocycles. The van der Waals surface area contributed by atoms with Gasteiger partial charge in [-0.15, -0.1) is 0 Å². The van der Waals surface area contributed by atoms with Gasteiger partial charge in [0.05, 0.1) is 11.6 Å². The Morgan fingerprint density at radius 2 is 1.81 bits per heavy atom. The van der Waals surface area contributed by atoms with Crippen molar-refractivity contribution >= 4 is 50.6 Å². The third kappa shape index (κ3) is 2.64. The second-order valence-corrected chi connectivity index (χ2v) is 6.20. The molecule has 6 nitrogen and oxygen atoms in total. The second kappa shape index (κ2) is 6.10. The van der Waals surface area contributed by atoms with Gasteiger partial charge in [-0.3, -0.25) is 5.43 Å². The van der Waals surface area contributed by atoms with E-state index in [9.17, 15) is 0 Å². The molecular formula is C21H15N5O. The van der Waals surface area contributed by atoms with Gasteiger partial charge in [-0.25, -0.2) is 9.97 Å². The first kappa shape index (κ1) is 15.3. The van der Waals surface area contributed by atoms with Gasteiger partial charge in [0, 0.05) is 5.69 Å². The van der Waals surface area contributed by atoms with Gasteiger partial charge in [-0.05, 0) is 34.5 Å². The van der Waals surface area contributed by atoms with Crippen LogP contribution in [0.25, 0.3) is 32.8 Å². The Morgan fingerprint density at radius 3 is 2.70 bits per heavy atom. The van der Waals surface area contributed by atoms with Crippen LogP contribution in [-0.2, 0) is 0 Å². The molecule has 0 aliphatic carbocycles. The Bertz CT molecular complexity index is 1310. The lowest BCUT2D eigenvalue weighted by atomic mass is 10.1. The SMILES string of the molecule is Nc1ccc(/C=N/Nc2ncnc3c2oc2ccc4ccccc4c23)cc1. The molecule has 6 heteroatoms. The summed E-state index contributed by atoms with van der Waals surface area (Å²) in [7, 11) is 0. The van der Waals surface area contributed by atoms with Crippen molar-refractivity contribution in [2.24, 2.45) is 5.10 Å². The zero-order valence-corrected chi connectivity index (χ0v) is 14.3. The third-order valence-corrected chi connectivity index (χ3v) is 4.46. The number of nitrogens with zero attached hydrogens (tertiary/aromatic N) is 3. The van der Waals surface area contributed by atoms with Crippen LogP contribution in [0.4, 0.5) is 11.5 Å². The van der Waals surface area contributed by atoms with Crippen LogP contribution in [0.15, 0.2) is 76.5 Å². The van der Waals surface area contributed by atoms with E-state index in [1.165, 1.54) is 6.33 Å². The van der Waals surface area contributed by atoms with Crippen LogP contribution in [0, 0.1) is 0 Å². The van der Waals surface area contributed by atoms with E-state index in [0.29, 0.717) is 17.1 Å². The van der Waals surface area contributed by atoms with Gasteiger partial charge in [-0.1, -0.05) is 42.5 Å². The van der Waals surface area contributed by atoms with Crippen molar-refractivity contribution in [3.63, 3.8) is 0 Å². The van der Waals surface area contributed by atoms with Gasteiger partial charge in [0.25, 0.3) is 0 Å². The van der Waals surface area contributed by atoms with Crippen molar-refractivity contribution in [3.05, 3.63) is 72.6 Å². The fraction of sp³-hybridized carbons (Fsp3) is 0. The van der Waals surface area contributed by atoms with Gasteiger partial charge in [0.15, 0.2) is 11.4 Å². The highest BCUT2D eigenvalue weighted by molar-refractivity contribution is 6.18. The average Bonchev–Trinajstić information content (AvgIpc) is 3.09. The number of nitrogens with one attached hydrogen (secondary N) is 1. The molecule has 3 N–H and O–H groups in total. The van der Waals surface area contributed by atoms with Crippen LogP contribution in [0.3, 0.4) is 0 Å². The molecule has 5 rings (SSSR count). The molecule has 0 amide bonds. The van der Waals surface area contributed by atoms with Crippen molar-refractivity contribution in [2.45, 2.75) is 0 Å². The van der Waals surface area contributed by atoms with Gasteiger partial charge in [0.2, 0.25) is 0 Å². The summed E-state index contributed by atoms with van der Waals surface area (Å²) in [5, 5.41) is 7.48. The molecule has 0 unspecified atom stereocenters. The lowest BCUT2D eigenvalue weighted by molar-refractivity contribution is 0.667. The molecule has 5 aromatic rings. The summed E-state index contributed by atoms with van der Waals surface area (Å²) < 4.78 is 6.03.